The highest BCUT2D eigenvalue weighted by molar-refractivity contribution is 5.96. The second-order valence-corrected chi connectivity index (χ2v) is 6.57. The van der Waals surface area contributed by atoms with Crippen molar-refractivity contribution in [2.45, 2.75) is 32.4 Å². The molecule has 0 spiro atoms. The Hall–Kier alpha value is -2.94. The predicted molar refractivity (Wildman–Crippen MR) is 94.0 cm³/mol. The van der Waals surface area contributed by atoms with Crippen molar-refractivity contribution in [1.29, 1.82) is 0 Å². The van der Waals surface area contributed by atoms with Gasteiger partial charge in [0.15, 0.2) is 5.65 Å². The van der Waals surface area contributed by atoms with Crippen LogP contribution in [-0.4, -0.2) is 43.3 Å². The van der Waals surface area contributed by atoms with Crippen LogP contribution in [-0.2, 0) is 11.8 Å². The summed E-state index contributed by atoms with van der Waals surface area (Å²) in [7, 11) is 1.90. The lowest BCUT2D eigenvalue weighted by Crippen LogP contribution is -2.37. The average molecular weight is 356 g/mol. The van der Waals surface area contributed by atoms with Crippen LogP contribution in [0, 0.1) is 13.8 Å². The molecule has 0 unspecified atom stereocenters. The van der Waals surface area contributed by atoms with E-state index in [1.807, 2.05) is 25.6 Å². The quantitative estimate of drug-likeness (QED) is 0.643. The third-order valence-electron chi connectivity index (χ3n) is 4.89. The molecule has 1 aliphatic heterocycles. The van der Waals surface area contributed by atoms with Gasteiger partial charge in [-0.25, -0.2) is 9.78 Å². The summed E-state index contributed by atoms with van der Waals surface area (Å²) in [5.41, 5.74) is 3.93. The summed E-state index contributed by atoms with van der Waals surface area (Å²) < 4.78 is 7.73. The Labute approximate surface area is 148 Å². The van der Waals surface area contributed by atoms with E-state index in [2.05, 4.69) is 25.4 Å². The predicted octanol–water partition coefficient (Wildman–Crippen LogP) is 0.862. The molecular formula is C17H20N6O3. The molecule has 3 aromatic heterocycles. The number of ether oxygens (including phenoxy) is 1. The molecule has 9 heteroatoms. The first-order valence-electron chi connectivity index (χ1n) is 8.44. The summed E-state index contributed by atoms with van der Waals surface area (Å²) in [5, 5.41) is 7.48. The molecule has 136 valence electrons. The molecule has 4 heterocycles. The fraction of sp³-hybridized carbons (Fsp3) is 0.412. The van der Waals surface area contributed by atoms with Gasteiger partial charge in [0.25, 0.3) is 5.91 Å². The molecule has 2 atom stereocenters. The third-order valence-corrected chi connectivity index (χ3v) is 4.89. The number of aromatic amines is 2. The van der Waals surface area contributed by atoms with Gasteiger partial charge in [-0.1, -0.05) is 0 Å². The second kappa shape index (κ2) is 6.10. The van der Waals surface area contributed by atoms with E-state index in [4.69, 9.17) is 4.74 Å². The highest BCUT2D eigenvalue weighted by atomic mass is 16.5. The number of H-pyrrole nitrogens is 2. The van der Waals surface area contributed by atoms with Gasteiger partial charge < -0.3 is 15.0 Å². The topological polar surface area (TPSA) is 118 Å². The van der Waals surface area contributed by atoms with Crippen molar-refractivity contribution in [3.63, 3.8) is 0 Å². The number of carbonyl (C=O) groups is 1. The van der Waals surface area contributed by atoms with Crippen molar-refractivity contribution in [3.05, 3.63) is 45.3 Å². The van der Waals surface area contributed by atoms with Gasteiger partial charge in [-0.2, -0.15) is 5.10 Å². The van der Waals surface area contributed by atoms with Gasteiger partial charge in [0.05, 0.1) is 22.8 Å². The normalized spacial score (nSPS) is 20.0. The molecule has 0 bridgehead atoms. The molecule has 9 nitrogen and oxygen atoms in total. The van der Waals surface area contributed by atoms with Gasteiger partial charge in [0, 0.05) is 31.1 Å². The summed E-state index contributed by atoms with van der Waals surface area (Å²) in [5.74, 6) is -0.249. The number of amides is 1. The first-order chi connectivity index (χ1) is 12.4. The van der Waals surface area contributed by atoms with Crippen LogP contribution in [0.4, 0.5) is 0 Å². The number of imidazole rings is 1. The van der Waals surface area contributed by atoms with E-state index in [1.54, 1.807) is 6.07 Å². The Morgan fingerprint density at radius 3 is 2.92 bits per heavy atom. The maximum Gasteiger partial charge on any atom is 0.325 e. The Balaban J connectivity index is 1.58. The zero-order valence-electron chi connectivity index (χ0n) is 14.8. The van der Waals surface area contributed by atoms with Crippen molar-refractivity contribution in [2.24, 2.45) is 7.05 Å². The maximum absolute atomic E-state index is 12.7. The van der Waals surface area contributed by atoms with E-state index < -0.39 is 0 Å². The maximum atomic E-state index is 12.7. The molecule has 4 rings (SSSR count). The number of fused-ring (bicyclic) bond motifs is 1. The SMILES string of the molecule is Cc1nn(C)c(C)c1[C@H]1OCC[C@@H]1NC(=O)c1cnc2[nH]c(=O)[nH]c2c1. The number of nitrogens with one attached hydrogen (secondary N) is 3. The van der Waals surface area contributed by atoms with Crippen LogP contribution in [0.5, 0.6) is 0 Å². The van der Waals surface area contributed by atoms with Crippen LogP contribution in [0.3, 0.4) is 0 Å². The van der Waals surface area contributed by atoms with Crippen molar-refractivity contribution in [2.75, 3.05) is 6.61 Å². The van der Waals surface area contributed by atoms with Crippen LogP contribution in [0.1, 0.15) is 39.8 Å². The molecule has 0 aliphatic carbocycles. The Morgan fingerprint density at radius 1 is 1.38 bits per heavy atom. The summed E-state index contributed by atoms with van der Waals surface area (Å²) in [6.45, 7) is 4.52. The second-order valence-electron chi connectivity index (χ2n) is 6.57. The minimum atomic E-state index is -0.350. The average Bonchev–Trinajstić information content (AvgIpc) is 3.25. The number of nitrogens with zero attached hydrogens (tertiary/aromatic N) is 3. The Morgan fingerprint density at radius 2 is 2.19 bits per heavy atom. The fourth-order valence-corrected chi connectivity index (χ4v) is 3.52. The molecular weight excluding hydrogens is 336 g/mol. The monoisotopic (exact) mass is 356 g/mol. The molecule has 3 aromatic rings. The van der Waals surface area contributed by atoms with Crippen molar-refractivity contribution >= 4 is 17.1 Å². The lowest BCUT2D eigenvalue weighted by molar-refractivity contribution is 0.0817. The van der Waals surface area contributed by atoms with Crippen molar-refractivity contribution < 1.29 is 9.53 Å². The summed E-state index contributed by atoms with van der Waals surface area (Å²) >= 11 is 0. The standard InChI is InChI=1S/C17H20N6O3/c1-8-13(9(2)23(3)22-8)14-11(4-5-26-14)19-16(24)10-6-12-15(18-7-10)21-17(25)20-12/h6-7,11,14H,4-5H2,1-3H3,(H,19,24)(H2,18,20,21,25)/t11-,14-/m0/s1. The summed E-state index contributed by atoms with van der Waals surface area (Å²) in [6, 6.07) is 1.46. The molecule has 1 amide bonds. The highest BCUT2D eigenvalue weighted by Gasteiger charge is 2.34. The first-order valence-corrected chi connectivity index (χ1v) is 8.44. The van der Waals surface area contributed by atoms with Gasteiger partial charge in [-0.3, -0.25) is 14.5 Å². The Bertz CT molecular complexity index is 1050. The minimum absolute atomic E-state index is 0.148. The van der Waals surface area contributed by atoms with E-state index in [9.17, 15) is 9.59 Å². The number of rotatable bonds is 3. The van der Waals surface area contributed by atoms with E-state index in [1.165, 1.54) is 6.20 Å². The van der Waals surface area contributed by atoms with E-state index in [0.717, 1.165) is 23.4 Å². The number of aryl methyl sites for hydroxylation is 2. The molecule has 0 aromatic carbocycles. The summed E-state index contributed by atoms with van der Waals surface area (Å²) in [6.07, 6.45) is 1.95. The van der Waals surface area contributed by atoms with Crippen molar-refractivity contribution in [1.82, 2.24) is 30.0 Å². The van der Waals surface area contributed by atoms with Gasteiger partial charge >= 0.3 is 5.69 Å². The lowest BCUT2D eigenvalue weighted by atomic mass is 10.00. The number of hydrogen-bond donors (Lipinski definition) is 3. The van der Waals surface area contributed by atoms with Gasteiger partial charge in [0.1, 0.15) is 6.10 Å². The van der Waals surface area contributed by atoms with Crippen LogP contribution in [0.15, 0.2) is 17.1 Å². The molecule has 0 radical (unpaired) electrons. The van der Waals surface area contributed by atoms with Gasteiger partial charge in [0.2, 0.25) is 0 Å². The summed E-state index contributed by atoms with van der Waals surface area (Å²) in [4.78, 5) is 33.3. The van der Waals surface area contributed by atoms with E-state index in [0.29, 0.717) is 23.3 Å². The first kappa shape index (κ1) is 16.5. The molecule has 1 fully saturated rings. The molecule has 1 aliphatic rings. The van der Waals surface area contributed by atoms with Crippen LogP contribution < -0.4 is 11.0 Å². The fourth-order valence-electron chi connectivity index (χ4n) is 3.52. The van der Waals surface area contributed by atoms with Crippen LogP contribution >= 0.6 is 0 Å². The van der Waals surface area contributed by atoms with E-state index in [-0.39, 0.29) is 23.7 Å². The Kier molecular flexibility index (Phi) is 3.87. The zero-order chi connectivity index (χ0) is 18.4. The highest BCUT2D eigenvalue weighted by Crippen LogP contribution is 2.33. The number of carbonyl (C=O) groups excluding carboxylic acids is 1. The van der Waals surface area contributed by atoms with Crippen LogP contribution in [0.25, 0.3) is 11.2 Å². The van der Waals surface area contributed by atoms with Gasteiger partial charge in [-0.05, 0) is 26.3 Å². The third kappa shape index (κ3) is 2.70. The number of aromatic nitrogens is 5. The van der Waals surface area contributed by atoms with Crippen molar-refractivity contribution in [3.8, 4) is 0 Å². The molecule has 26 heavy (non-hydrogen) atoms. The van der Waals surface area contributed by atoms with E-state index >= 15 is 0 Å². The molecule has 1 saturated heterocycles. The zero-order valence-corrected chi connectivity index (χ0v) is 14.8. The largest absolute Gasteiger partial charge is 0.371 e. The smallest absolute Gasteiger partial charge is 0.325 e. The number of hydrogen-bond acceptors (Lipinski definition) is 5. The number of pyridine rings is 1. The molecule has 3 N–H and O–H groups in total. The van der Waals surface area contributed by atoms with Gasteiger partial charge in [-0.15, -0.1) is 0 Å². The molecule has 0 saturated carbocycles. The van der Waals surface area contributed by atoms with Crippen LogP contribution in [0.2, 0.25) is 0 Å². The lowest BCUT2D eigenvalue weighted by Gasteiger charge is -2.20. The minimum Gasteiger partial charge on any atom is -0.371 e.